The quantitative estimate of drug-likeness (QED) is 0.456. The maximum atomic E-state index is 10.4. The van der Waals surface area contributed by atoms with E-state index in [0.29, 0.717) is 12.8 Å². The van der Waals surface area contributed by atoms with Gasteiger partial charge in [0, 0.05) is 6.42 Å². The Morgan fingerprint density at radius 1 is 1.70 bits per heavy atom. The number of aliphatic hydroxyl groups is 1. The maximum absolute atomic E-state index is 10.4. The van der Waals surface area contributed by atoms with Crippen molar-refractivity contribution < 1.29 is 15.0 Å². The lowest BCUT2D eigenvalue weighted by molar-refractivity contribution is -0.143. The van der Waals surface area contributed by atoms with E-state index >= 15 is 0 Å². The van der Waals surface area contributed by atoms with E-state index < -0.39 is 17.6 Å². The molecule has 0 saturated heterocycles. The molecule has 58 valence electrons. The second-order valence-corrected chi connectivity index (χ2v) is 2.86. The molecule has 1 aliphatic carbocycles. The lowest BCUT2D eigenvalue weighted by Gasteiger charge is -2.16. The van der Waals surface area contributed by atoms with E-state index in [-0.39, 0.29) is 6.42 Å². The normalized spacial score (nSPS) is 40.0. The number of carbonyl (C=O) groups is 1. The van der Waals surface area contributed by atoms with Crippen molar-refractivity contribution in [1.82, 2.24) is 0 Å². The molecule has 0 aromatic carbocycles. The van der Waals surface area contributed by atoms with Crippen LogP contribution in [0.15, 0.2) is 0 Å². The molecular weight excluding hydrogens is 134 g/mol. The fraction of sp³-hybridized carbons (Fsp3) is 0.833. The highest BCUT2D eigenvalue weighted by Gasteiger charge is 2.41. The van der Waals surface area contributed by atoms with Gasteiger partial charge in [-0.2, -0.15) is 0 Å². The molecular formula is C6H11NO3. The van der Waals surface area contributed by atoms with E-state index in [1.54, 1.807) is 0 Å². The summed E-state index contributed by atoms with van der Waals surface area (Å²) in [5, 5.41) is 17.5. The Bertz CT molecular complexity index is 159. The zero-order valence-corrected chi connectivity index (χ0v) is 5.58. The lowest BCUT2D eigenvalue weighted by atomic mass is 10.00. The number of carboxylic acids is 1. The largest absolute Gasteiger partial charge is 0.480 e. The van der Waals surface area contributed by atoms with Gasteiger partial charge < -0.3 is 15.9 Å². The van der Waals surface area contributed by atoms with Crippen LogP contribution in [-0.2, 0) is 4.79 Å². The Morgan fingerprint density at radius 2 is 2.30 bits per heavy atom. The van der Waals surface area contributed by atoms with Crippen molar-refractivity contribution in [1.29, 1.82) is 0 Å². The van der Waals surface area contributed by atoms with E-state index in [9.17, 15) is 4.79 Å². The van der Waals surface area contributed by atoms with Crippen LogP contribution in [0.4, 0.5) is 0 Å². The lowest BCUT2D eigenvalue weighted by Crippen LogP contribution is -2.45. The fourth-order valence-corrected chi connectivity index (χ4v) is 1.24. The topological polar surface area (TPSA) is 83.6 Å². The Labute approximate surface area is 58.6 Å². The van der Waals surface area contributed by atoms with E-state index in [1.807, 2.05) is 0 Å². The molecule has 0 bridgehead atoms. The number of hydrogen-bond acceptors (Lipinski definition) is 3. The second-order valence-electron chi connectivity index (χ2n) is 2.86. The summed E-state index contributed by atoms with van der Waals surface area (Å²) in [4.78, 5) is 10.4. The first-order valence-corrected chi connectivity index (χ1v) is 3.25. The number of aliphatic hydroxyl groups excluding tert-OH is 1. The van der Waals surface area contributed by atoms with Gasteiger partial charge in [-0.1, -0.05) is 0 Å². The number of hydrogen-bond donors (Lipinski definition) is 3. The molecule has 2 atom stereocenters. The monoisotopic (exact) mass is 145 g/mol. The van der Waals surface area contributed by atoms with Crippen LogP contribution >= 0.6 is 0 Å². The molecule has 1 fully saturated rings. The Morgan fingerprint density at radius 3 is 2.50 bits per heavy atom. The predicted molar refractivity (Wildman–Crippen MR) is 34.4 cm³/mol. The molecule has 0 amide bonds. The Balaban J connectivity index is 2.63. The van der Waals surface area contributed by atoms with Crippen LogP contribution in [0.3, 0.4) is 0 Å². The summed E-state index contributed by atoms with van der Waals surface area (Å²) >= 11 is 0. The number of rotatable bonds is 1. The summed E-state index contributed by atoms with van der Waals surface area (Å²) in [6, 6.07) is 0. The molecule has 0 spiro atoms. The van der Waals surface area contributed by atoms with Crippen molar-refractivity contribution in [3.05, 3.63) is 0 Å². The van der Waals surface area contributed by atoms with E-state index in [2.05, 4.69) is 0 Å². The molecule has 0 aliphatic heterocycles. The summed E-state index contributed by atoms with van der Waals surface area (Å²) in [7, 11) is 0. The van der Waals surface area contributed by atoms with Gasteiger partial charge in [0.15, 0.2) is 0 Å². The average molecular weight is 145 g/mol. The van der Waals surface area contributed by atoms with E-state index in [0.717, 1.165) is 0 Å². The molecule has 0 aromatic rings. The van der Waals surface area contributed by atoms with Gasteiger partial charge in [-0.05, 0) is 12.8 Å². The van der Waals surface area contributed by atoms with Gasteiger partial charge >= 0.3 is 5.97 Å². The van der Waals surface area contributed by atoms with Crippen LogP contribution in [0.1, 0.15) is 19.3 Å². The minimum Gasteiger partial charge on any atom is -0.480 e. The van der Waals surface area contributed by atoms with Crippen molar-refractivity contribution in [2.45, 2.75) is 30.9 Å². The van der Waals surface area contributed by atoms with Crippen molar-refractivity contribution in [2.75, 3.05) is 0 Å². The summed E-state index contributed by atoms with van der Waals surface area (Å²) < 4.78 is 0. The first-order chi connectivity index (χ1) is 4.54. The van der Waals surface area contributed by atoms with Crippen LogP contribution in [0.25, 0.3) is 0 Å². The summed E-state index contributed by atoms with van der Waals surface area (Å²) in [6.07, 6.45) is 0.537. The van der Waals surface area contributed by atoms with Gasteiger partial charge in [-0.3, -0.25) is 4.79 Å². The molecule has 1 aliphatic rings. The van der Waals surface area contributed by atoms with Crippen LogP contribution in [0, 0.1) is 0 Å². The van der Waals surface area contributed by atoms with Gasteiger partial charge in [-0.25, -0.2) is 0 Å². The first-order valence-electron chi connectivity index (χ1n) is 3.25. The molecule has 1 saturated carbocycles. The smallest absolute Gasteiger partial charge is 0.323 e. The van der Waals surface area contributed by atoms with Crippen molar-refractivity contribution in [3.8, 4) is 0 Å². The third-order valence-electron chi connectivity index (χ3n) is 1.95. The molecule has 1 rings (SSSR count). The number of aliphatic carboxylic acids is 1. The molecule has 4 N–H and O–H groups in total. The number of nitrogens with two attached hydrogens (primary N) is 1. The van der Waals surface area contributed by atoms with Gasteiger partial charge in [0.25, 0.3) is 0 Å². The van der Waals surface area contributed by atoms with E-state index in [1.165, 1.54) is 0 Å². The van der Waals surface area contributed by atoms with Crippen molar-refractivity contribution in [3.63, 3.8) is 0 Å². The summed E-state index contributed by atoms with van der Waals surface area (Å²) in [6.45, 7) is 0. The summed E-state index contributed by atoms with van der Waals surface area (Å²) in [5.74, 6) is -1.01. The highest BCUT2D eigenvalue weighted by molar-refractivity contribution is 5.78. The zero-order valence-electron chi connectivity index (χ0n) is 5.58. The van der Waals surface area contributed by atoms with Crippen molar-refractivity contribution >= 4 is 5.97 Å². The van der Waals surface area contributed by atoms with E-state index in [4.69, 9.17) is 15.9 Å². The fourth-order valence-electron chi connectivity index (χ4n) is 1.24. The second kappa shape index (κ2) is 2.21. The molecule has 4 nitrogen and oxygen atoms in total. The van der Waals surface area contributed by atoms with Gasteiger partial charge in [-0.15, -0.1) is 0 Å². The van der Waals surface area contributed by atoms with Crippen LogP contribution in [-0.4, -0.2) is 27.8 Å². The standard InChI is InChI=1S/C6H11NO3/c7-6(5(9)10)2-1-4(8)3-6/h4,8H,1-3,7H2,(H,9,10)/t4-,6-/m0/s1. The maximum Gasteiger partial charge on any atom is 0.323 e. The minimum absolute atomic E-state index is 0.183. The summed E-state index contributed by atoms with van der Waals surface area (Å²) in [5.41, 5.74) is 4.27. The zero-order chi connectivity index (χ0) is 7.78. The van der Waals surface area contributed by atoms with Crippen LogP contribution < -0.4 is 5.73 Å². The van der Waals surface area contributed by atoms with Crippen molar-refractivity contribution in [2.24, 2.45) is 5.73 Å². The Kier molecular flexibility index (Phi) is 1.66. The van der Waals surface area contributed by atoms with Gasteiger partial charge in [0.2, 0.25) is 0 Å². The third kappa shape index (κ3) is 1.12. The molecule has 4 heteroatoms. The highest BCUT2D eigenvalue weighted by atomic mass is 16.4. The highest BCUT2D eigenvalue weighted by Crippen LogP contribution is 2.27. The van der Waals surface area contributed by atoms with Crippen LogP contribution in [0.5, 0.6) is 0 Å². The van der Waals surface area contributed by atoms with Gasteiger partial charge in [0.1, 0.15) is 5.54 Å². The van der Waals surface area contributed by atoms with Gasteiger partial charge in [0.05, 0.1) is 6.10 Å². The molecule has 0 heterocycles. The first kappa shape index (κ1) is 7.50. The minimum atomic E-state index is -1.17. The average Bonchev–Trinajstić information content (AvgIpc) is 2.13. The molecule has 0 radical (unpaired) electrons. The van der Waals surface area contributed by atoms with Crippen LogP contribution in [0.2, 0.25) is 0 Å². The predicted octanol–water partition coefficient (Wildman–Crippen LogP) is -0.687. The third-order valence-corrected chi connectivity index (χ3v) is 1.95. The molecule has 0 aromatic heterocycles. The molecule has 0 unspecified atom stereocenters. The SMILES string of the molecule is N[C@@]1(C(=O)O)CC[C@H](O)C1. The number of carboxylic acid groups (broad SMARTS) is 1. The Hall–Kier alpha value is -0.610. The molecule has 10 heavy (non-hydrogen) atoms.